The molecular weight excluding hydrogens is 300 g/mol. The molecule has 0 radical (unpaired) electrons. The van der Waals surface area contributed by atoms with E-state index < -0.39 is 0 Å². The molecule has 1 N–H and O–H groups in total. The van der Waals surface area contributed by atoms with Gasteiger partial charge in [0.25, 0.3) is 0 Å². The summed E-state index contributed by atoms with van der Waals surface area (Å²) in [5.74, 6) is 0.663. The van der Waals surface area contributed by atoms with Gasteiger partial charge in [-0.25, -0.2) is 0 Å². The quantitative estimate of drug-likeness (QED) is 0.912. The largest absolute Gasteiger partial charge is 0.353 e. The molecule has 5 nitrogen and oxygen atoms in total. The zero-order valence-corrected chi connectivity index (χ0v) is 13.6. The van der Waals surface area contributed by atoms with E-state index in [-0.39, 0.29) is 5.91 Å². The zero-order chi connectivity index (χ0) is 16.4. The third kappa shape index (κ3) is 3.31. The Morgan fingerprint density at radius 3 is 2.75 bits per heavy atom. The highest BCUT2D eigenvalue weighted by Crippen LogP contribution is 2.38. The van der Waals surface area contributed by atoms with Crippen molar-refractivity contribution in [1.82, 2.24) is 20.2 Å². The van der Waals surface area contributed by atoms with Gasteiger partial charge in [0.15, 0.2) is 0 Å². The number of amides is 1. The number of nitrogens with zero attached hydrogens (tertiary/aromatic N) is 3. The fourth-order valence-electron chi connectivity index (χ4n) is 4.06. The van der Waals surface area contributed by atoms with Crippen molar-refractivity contribution in [3.63, 3.8) is 0 Å². The van der Waals surface area contributed by atoms with Gasteiger partial charge in [-0.05, 0) is 48.6 Å². The van der Waals surface area contributed by atoms with Gasteiger partial charge in [0.05, 0.1) is 6.42 Å². The molecule has 3 unspecified atom stereocenters. The summed E-state index contributed by atoms with van der Waals surface area (Å²) in [6, 6.07) is 10.8. The number of carbonyl (C=O) groups excluding carboxylic acids is 1. The van der Waals surface area contributed by atoms with Crippen molar-refractivity contribution in [2.45, 2.75) is 37.9 Å². The lowest BCUT2D eigenvalue weighted by Crippen LogP contribution is -2.46. The summed E-state index contributed by atoms with van der Waals surface area (Å²) in [5, 5.41) is 3.23. The maximum Gasteiger partial charge on any atom is 0.226 e. The van der Waals surface area contributed by atoms with Gasteiger partial charge in [-0.2, -0.15) is 0 Å². The number of carbonyl (C=O) groups is 1. The summed E-state index contributed by atoms with van der Waals surface area (Å²) in [6.07, 6.45) is 8.06. The molecule has 5 heteroatoms. The molecule has 1 saturated carbocycles. The van der Waals surface area contributed by atoms with Gasteiger partial charge in [0, 0.05) is 49.5 Å². The molecule has 2 aromatic heterocycles. The van der Waals surface area contributed by atoms with E-state index in [1.165, 1.54) is 12.0 Å². The summed E-state index contributed by atoms with van der Waals surface area (Å²) >= 11 is 0. The molecule has 0 spiro atoms. The Labute approximate surface area is 142 Å². The van der Waals surface area contributed by atoms with Crippen molar-refractivity contribution in [2.24, 2.45) is 5.92 Å². The minimum absolute atomic E-state index is 0.0898. The zero-order valence-electron chi connectivity index (χ0n) is 13.6. The Kier molecular flexibility index (Phi) is 4.26. The summed E-state index contributed by atoms with van der Waals surface area (Å²) in [4.78, 5) is 23.1. The van der Waals surface area contributed by atoms with E-state index in [2.05, 4.69) is 32.3 Å². The van der Waals surface area contributed by atoms with Crippen LogP contribution in [0.2, 0.25) is 0 Å². The lowest BCUT2D eigenvalue weighted by atomic mass is 10.0. The first-order valence-electron chi connectivity index (χ1n) is 8.60. The molecule has 3 atom stereocenters. The van der Waals surface area contributed by atoms with Gasteiger partial charge in [-0.1, -0.05) is 6.07 Å². The monoisotopic (exact) mass is 322 g/mol. The number of piperidine rings is 1. The minimum Gasteiger partial charge on any atom is -0.353 e. The Morgan fingerprint density at radius 2 is 2.04 bits per heavy atom. The molecule has 124 valence electrons. The van der Waals surface area contributed by atoms with E-state index in [1.54, 1.807) is 6.20 Å². The number of aromatic nitrogens is 2. The van der Waals surface area contributed by atoms with Crippen LogP contribution in [0.3, 0.4) is 0 Å². The van der Waals surface area contributed by atoms with E-state index in [0.29, 0.717) is 24.4 Å². The Balaban J connectivity index is 1.29. The van der Waals surface area contributed by atoms with Crippen LogP contribution < -0.4 is 5.32 Å². The van der Waals surface area contributed by atoms with Crippen LogP contribution in [0.1, 0.15) is 24.1 Å². The predicted molar refractivity (Wildman–Crippen MR) is 91.0 cm³/mol. The van der Waals surface area contributed by atoms with Crippen molar-refractivity contribution < 1.29 is 4.79 Å². The fourth-order valence-corrected chi connectivity index (χ4v) is 4.06. The third-order valence-electron chi connectivity index (χ3n) is 5.20. The molecule has 3 heterocycles. The second-order valence-electron chi connectivity index (χ2n) is 6.84. The Morgan fingerprint density at radius 1 is 1.17 bits per heavy atom. The van der Waals surface area contributed by atoms with Crippen LogP contribution >= 0.6 is 0 Å². The van der Waals surface area contributed by atoms with Gasteiger partial charge < -0.3 is 5.32 Å². The van der Waals surface area contributed by atoms with E-state index in [0.717, 1.165) is 25.2 Å². The standard InChI is InChI=1S/C19H22N4O/c24-19(10-16-3-1-2-6-21-16)22-18-11-17-9-15(18)13-23(17)12-14-4-7-20-8-5-14/h1-8,15,17-18H,9-13H2,(H,22,24). The SMILES string of the molecule is O=C(Cc1ccccn1)NC1CC2CC1CN2Cc1ccncc1. The van der Waals surface area contributed by atoms with Crippen LogP contribution in [0.5, 0.6) is 0 Å². The first-order chi connectivity index (χ1) is 11.8. The Bertz CT molecular complexity index is 691. The van der Waals surface area contributed by atoms with Crippen LogP contribution in [0.15, 0.2) is 48.9 Å². The number of hydrogen-bond donors (Lipinski definition) is 1. The molecule has 4 rings (SSSR count). The van der Waals surface area contributed by atoms with E-state index in [4.69, 9.17) is 0 Å². The summed E-state index contributed by atoms with van der Waals surface area (Å²) < 4.78 is 0. The van der Waals surface area contributed by atoms with Gasteiger partial charge in [-0.15, -0.1) is 0 Å². The molecule has 24 heavy (non-hydrogen) atoms. The number of likely N-dealkylation sites (tertiary alicyclic amines) is 1. The molecule has 1 saturated heterocycles. The first kappa shape index (κ1) is 15.3. The number of pyridine rings is 2. The number of rotatable bonds is 5. The van der Waals surface area contributed by atoms with E-state index in [9.17, 15) is 4.79 Å². The summed E-state index contributed by atoms with van der Waals surface area (Å²) in [6.45, 7) is 2.06. The normalized spacial score (nSPS) is 25.8. The third-order valence-corrected chi connectivity index (χ3v) is 5.20. The first-order valence-corrected chi connectivity index (χ1v) is 8.60. The van der Waals surface area contributed by atoms with Crippen molar-refractivity contribution in [3.05, 3.63) is 60.2 Å². The van der Waals surface area contributed by atoms with Gasteiger partial charge in [0.2, 0.25) is 5.91 Å². The van der Waals surface area contributed by atoms with Gasteiger partial charge in [0.1, 0.15) is 0 Å². The molecule has 1 aliphatic heterocycles. The van der Waals surface area contributed by atoms with Crippen molar-refractivity contribution in [2.75, 3.05) is 6.54 Å². The molecule has 2 fully saturated rings. The van der Waals surface area contributed by atoms with Gasteiger partial charge in [-0.3, -0.25) is 19.7 Å². The van der Waals surface area contributed by atoms with Crippen LogP contribution in [0.4, 0.5) is 0 Å². The smallest absolute Gasteiger partial charge is 0.226 e. The molecule has 2 aliphatic rings. The molecule has 2 bridgehead atoms. The average Bonchev–Trinajstić information content (AvgIpc) is 3.16. The molecular formula is C19H22N4O. The number of fused-ring (bicyclic) bond motifs is 2. The highest BCUT2D eigenvalue weighted by Gasteiger charge is 2.44. The lowest BCUT2D eigenvalue weighted by molar-refractivity contribution is -0.121. The van der Waals surface area contributed by atoms with Crippen LogP contribution in [0, 0.1) is 5.92 Å². The number of hydrogen-bond acceptors (Lipinski definition) is 4. The maximum atomic E-state index is 12.2. The summed E-state index contributed by atoms with van der Waals surface area (Å²) in [7, 11) is 0. The van der Waals surface area contributed by atoms with E-state index in [1.807, 2.05) is 30.6 Å². The van der Waals surface area contributed by atoms with Crippen LogP contribution in [-0.4, -0.2) is 39.4 Å². The highest BCUT2D eigenvalue weighted by atomic mass is 16.1. The van der Waals surface area contributed by atoms with Crippen molar-refractivity contribution in [3.8, 4) is 0 Å². The van der Waals surface area contributed by atoms with Gasteiger partial charge >= 0.3 is 0 Å². The average molecular weight is 322 g/mol. The topological polar surface area (TPSA) is 58.1 Å². The second kappa shape index (κ2) is 6.69. The van der Waals surface area contributed by atoms with Crippen molar-refractivity contribution in [1.29, 1.82) is 0 Å². The van der Waals surface area contributed by atoms with Crippen molar-refractivity contribution >= 4 is 5.91 Å². The molecule has 1 aliphatic carbocycles. The minimum atomic E-state index is 0.0898. The van der Waals surface area contributed by atoms with Crippen LogP contribution in [0.25, 0.3) is 0 Å². The Hall–Kier alpha value is -2.27. The molecule has 2 aromatic rings. The predicted octanol–water partition coefficient (Wildman–Crippen LogP) is 1.80. The lowest BCUT2D eigenvalue weighted by Gasteiger charge is -2.32. The second-order valence-corrected chi connectivity index (χ2v) is 6.84. The number of nitrogens with one attached hydrogen (secondary N) is 1. The molecule has 0 aromatic carbocycles. The summed E-state index contributed by atoms with van der Waals surface area (Å²) in [5.41, 5.74) is 2.14. The fraction of sp³-hybridized carbons (Fsp3) is 0.421. The van der Waals surface area contributed by atoms with Crippen LogP contribution in [-0.2, 0) is 17.8 Å². The van der Waals surface area contributed by atoms with E-state index >= 15 is 0 Å². The highest BCUT2D eigenvalue weighted by molar-refractivity contribution is 5.78. The molecule has 1 amide bonds. The maximum absolute atomic E-state index is 12.2.